The number of nitrogens with zero attached hydrogens (tertiary/aromatic N) is 2. The van der Waals surface area contributed by atoms with Gasteiger partial charge in [-0.05, 0) is 107 Å². The molecular formula is C46H52N2O6. The topological polar surface area (TPSA) is 84.1 Å². The number of benzene rings is 5. The summed E-state index contributed by atoms with van der Waals surface area (Å²) in [5, 5.41) is 4.02. The zero-order valence-corrected chi connectivity index (χ0v) is 31.6. The lowest BCUT2D eigenvalue weighted by Crippen LogP contribution is -2.33. The van der Waals surface area contributed by atoms with E-state index in [0.29, 0.717) is 37.4 Å². The molecule has 5 aromatic rings. The lowest BCUT2D eigenvalue weighted by atomic mass is 10.0. The molecule has 2 fully saturated rings. The van der Waals surface area contributed by atoms with Crippen molar-refractivity contribution in [2.24, 2.45) is 0 Å². The van der Waals surface area contributed by atoms with E-state index in [2.05, 4.69) is 13.8 Å². The van der Waals surface area contributed by atoms with Crippen molar-refractivity contribution >= 4 is 44.7 Å². The second kappa shape index (κ2) is 17.9. The highest BCUT2D eigenvalue weighted by Crippen LogP contribution is 2.29. The molecule has 7 rings (SSSR count). The number of anilines is 2. The number of rotatable bonds is 20. The first-order valence-electron chi connectivity index (χ1n) is 19.8. The minimum absolute atomic E-state index is 0.0366. The average molecular weight is 729 g/mol. The van der Waals surface area contributed by atoms with Crippen LogP contribution in [0.2, 0.25) is 0 Å². The zero-order chi connectivity index (χ0) is 37.3. The van der Waals surface area contributed by atoms with Crippen LogP contribution < -0.4 is 19.3 Å². The van der Waals surface area contributed by atoms with Crippen LogP contribution in [0, 0.1) is 0 Å². The largest absolute Gasteiger partial charge is 0.491 e. The van der Waals surface area contributed by atoms with E-state index in [1.807, 2.05) is 107 Å². The second-order valence-corrected chi connectivity index (χ2v) is 14.5. The Kier molecular flexibility index (Phi) is 12.4. The fraction of sp³-hybridized carbons (Fsp3) is 0.391. The van der Waals surface area contributed by atoms with Gasteiger partial charge in [-0.3, -0.25) is 9.59 Å². The fourth-order valence-electron chi connectivity index (χ4n) is 6.81. The summed E-state index contributed by atoms with van der Waals surface area (Å²) in [6.07, 6.45) is 8.82. The Labute approximate surface area is 318 Å². The molecule has 5 aromatic carbocycles. The maximum atomic E-state index is 14.2. The minimum atomic E-state index is -0.0366. The number of fused-ring (bicyclic) bond motifs is 2. The molecule has 2 atom stereocenters. The fourth-order valence-corrected chi connectivity index (χ4v) is 6.81. The van der Waals surface area contributed by atoms with Crippen molar-refractivity contribution < 1.29 is 28.5 Å². The first kappa shape index (κ1) is 37.4. The summed E-state index contributed by atoms with van der Waals surface area (Å²) in [7, 11) is 0. The highest BCUT2D eigenvalue weighted by molar-refractivity contribution is 6.09. The number of epoxide rings is 2. The minimum Gasteiger partial charge on any atom is -0.491 e. The van der Waals surface area contributed by atoms with Crippen LogP contribution in [0.15, 0.2) is 97.1 Å². The molecular weight excluding hydrogens is 677 g/mol. The predicted molar refractivity (Wildman–Crippen MR) is 216 cm³/mol. The van der Waals surface area contributed by atoms with Gasteiger partial charge >= 0.3 is 0 Å². The van der Waals surface area contributed by atoms with Gasteiger partial charge in [-0.15, -0.1) is 0 Å². The summed E-state index contributed by atoms with van der Waals surface area (Å²) in [5.74, 6) is 1.52. The number of unbranched alkanes of at least 4 members (excludes halogenated alkanes) is 6. The molecule has 2 heterocycles. The van der Waals surface area contributed by atoms with E-state index in [4.69, 9.17) is 18.9 Å². The molecule has 8 heteroatoms. The number of hydrogen-bond donors (Lipinski definition) is 0. The van der Waals surface area contributed by atoms with Crippen molar-refractivity contribution in [1.82, 2.24) is 0 Å². The lowest BCUT2D eigenvalue weighted by molar-refractivity contribution is 0.0978. The van der Waals surface area contributed by atoms with Gasteiger partial charge in [-0.2, -0.15) is 0 Å². The van der Waals surface area contributed by atoms with Crippen LogP contribution in [-0.2, 0) is 9.47 Å². The molecule has 2 aliphatic rings. The van der Waals surface area contributed by atoms with Crippen molar-refractivity contribution in [3.63, 3.8) is 0 Å². The number of carbonyl (C=O) groups excluding carboxylic acids is 2. The molecule has 0 spiro atoms. The van der Waals surface area contributed by atoms with E-state index in [1.165, 1.54) is 0 Å². The van der Waals surface area contributed by atoms with Gasteiger partial charge in [0.05, 0.1) is 13.2 Å². The summed E-state index contributed by atoms with van der Waals surface area (Å²) in [6.45, 7) is 8.23. The molecule has 2 aliphatic heterocycles. The molecule has 2 unspecified atom stereocenters. The third kappa shape index (κ3) is 9.78. The molecule has 0 bridgehead atoms. The van der Waals surface area contributed by atoms with Gasteiger partial charge in [0.1, 0.15) is 36.9 Å². The highest BCUT2D eigenvalue weighted by Gasteiger charge is 2.25. The van der Waals surface area contributed by atoms with Crippen molar-refractivity contribution in [3.8, 4) is 11.5 Å². The molecule has 282 valence electrons. The van der Waals surface area contributed by atoms with Gasteiger partial charge in [0, 0.05) is 35.6 Å². The zero-order valence-electron chi connectivity index (χ0n) is 31.6. The Hall–Kier alpha value is -4.92. The van der Waals surface area contributed by atoms with Crippen molar-refractivity contribution in [3.05, 3.63) is 108 Å². The molecule has 2 saturated heterocycles. The van der Waals surface area contributed by atoms with Gasteiger partial charge in [0.15, 0.2) is 0 Å². The number of carbonyl (C=O) groups is 2. The van der Waals surface area contributed by atoms with Crippen LogP contribution in [0.25, 0.3) is 21.5 Å². The van der Waals surface area contributed by atoms with E-state index >= 15 is 0 Å². The Morgan fingerprint density at radius 3 is 1.31 bits per heavy atom. The van der Waals surface area contributed by atoms with Crippen LogP contribution in [-0.4, -0.2) is 63.5 Å². The number of amides is 2. The quantitative estimate of drug-likeness (QED) is 0.0586. The summed E-state index contributed by atoms with van der Waals surface area (Å²) >= 11 is 0. The molecule has 2 amide bonds. The molecule has 0 saturated carbocycles. The van der Waals surface area contributed by atoms with Crippen LogP contribution in [0.1, 0.15) is 85.9 Å². The lowest BCUT2D eigenvalue weighted by Gasteiger charge is -2.26. The first-order chi connectivity index (χ1) is 26.5. The van der Waals surface area contributed by atoms with Gasteiger partial charge in [-0.25, -0.2) is 0 Å². The molecule has 0 radical (unpaired) electrons. The normalized spacial score (nSPS) is 16.0. The van der Waals surface area contributed by atoms with Gasteiger partial charge < -0.3 is 28.7 Å². The third-order valence-electron chi connectivity index (χ3n) is 10.2. The van der Waals surface area contributed by atoms with E-state index in [9.17, 15) is 9.59 Å². The van der Waals surface area contributed by atoms with Gasteiger partial charge in [0.25, 0.3) is 11.8 Å². The van der Waals surface area contributed by atoms with E-state index in [0.717, 1.165) is 109 Å². The first-order valence-corrected chi connectivity index (χ1v) is 19.8. The van der Waals surface area contributed by atoms with E-state index in [1.54, 1.807) is 0 Å². The Morgan fingerprint density at radius 2 is 0.926 bits per heavy atom. The maximum Gasteiger partial charge on any atom is 0.258 e. The molecule has 54 heavy (non-hydrogen) atoms. The standard InChI is InChI=1S/C46H52N2O6/c1-3-5-7-9-23-47(45(49)37-13-11-35-27-41(21-15-33(35)25-37)51-29-43-31-53-43)39-17-19-40(20-18-39)48(24-10-8-6-4-2)46(50)38-14-12-36-28-42(22-16-34(36)26-38)52-30-44-32-54-44/h11-22,25-28,43-44H,3-10,23-24,29-32H2,1-2H3. The van der Waals surface area contributed by atoms with Crippen LogP contribution in [0.5, 0.6) is 11.5 Å². The summed E-state index contributed by atoms with van der Waals surface area (Å²) < 4.78 is 22.3. The van der Waals surface area contributed by atoms with Crippen LogP contribution in [0.3, 0.4) is 0 Å². The van der Waals surface area contributed by atoms with E-state index in [-0.39, 0.29) is 24.0 Å². The summed E-state index contributed by atoms with van der Waals surface area (Å²) in [5.41, 5.74) is 2.92. The summed E-state index contributed by atoms with van der Waals surface area (Å²) in [6, 6.07) is 31.6. The molecule has 0 aliphatic carbocycles. The second-order valence-electron chi connectivity index (χ2n) is 14.5. The number of ether oxygens (including phenoxy) is 4. The van der Waals surface area contributed by atoms with E-state index < -0.39 is 0 Å². The Morgan fingerprint density at radius 1 is 0.537 bits per heavy atom. The Bertz CT molecular complexity index is 1890. The summed E-state index contributed by atoms with van der Waals surface area (Å²) in [4.78, 5) is 32.2. The maximum absolute atomic E-state index is 14.2. The highest BCUT2D eigenvalue weighted by atomic mass is 16.6. The van der Waals surface area contributed by atoms with Gasteiger partial charge in [0.2, 0.25) is 0 Å². The smallest absolute Gasteiger partial charge is 0.258 e. The van der Waals surface area contributed by atoms with Crippen molar-refractivity contribution in [1.29, 1.82) is 0 Å². The predicted octanol–water partition coefficient (Wildman–Crippen LogP) is 10.0. The SMILES string of the molecule is CCCCCCN(C(=O)c1ccc2cc(OCC3CO3)ccc2c1)c1ccc(N(CCCCCC)C(=O)c2ccc3cc(OCC4CO4)ccc3c2)cc1. The third-order valence-corrected chi connectivity index (χ3v) is 10.2. The molecule has 0 aromatic heterocycles. The molecule has 8 nitrogen and oxygen atoms in total. The van der Waals surface area contributed by atoms with Crippen molar-refractivity contribution in [2.75, 3.05) is 49.3 Å². The van der Waals surface area contributed by atoms with Crippen LogP contribution >= 0.6 is 0 Å². The molecule has 0 N–H and O–H groups in total. The monoisotopic (exact) mass is 728 g/mol. The number of hydrogen-bond acceptors (Lipinski definition) is 6. The van der Waals surface area contributed by atoms with Crippen LogP contribution in [0.4, 0.5) is 11.4 Å². The Balaban J connectivity index is 1.10. The van der Waals surface area contributed by atoms with Crippen molar-refractivity contribution in [2.45, 2.75) is 77.4 Å². The van der Waals surface area contributed by atoms with Gasteiger partial charge in [-0.1, -0.05) is 76.6 Å². The average Bonchev–Trinajstić information content (AvgIpc) is 4.15.